The normalized spacial score (nSPS) is 14.5. The molecule has 11 heteroatoms. The Morgan fingerprint density at radius 3 is 2.31 bits per heavy atom. The van der Waals surface area contributed by atoms with E-state index in [1.165, 1.54) is 11.3 Å². The third-order valence-corrected chi connectivity index (χ3v) is 9.46. The van der Waals surface area contributed by atoms with E-state index in [1.807, 2.05) is 74.5 Å². The predicted octanol–water partition coefficient (Wildman–Crippen LogP) is 6.38. The van der Waals surface area contributed by atoms with Crippen LogP contribution in [0.2, 0.25) is 0 Å². The van der Waals surface area contributed by atoms with E-state index in [0.29, 0.717) is 57.5 Å². The van der Waals surface area contributed by atoms with Crippen LogP contribution < -0.4 is 29.1 Å². The van der Waals surface area contributed by atoms with Gasteiger partial charge in [-0.1, -0.05) is 41.7 Å². The number of carbonyl (C=O) groups excluding carboxylic acids is 1. The molecule has 0 fully saturated rings. The summed E-state index contributed by atoms with van der Waals surface area (Å²) in [4.78, 5) is 32.5. The number of rotatable bonds is 11. The van der Waals surface area contributed by atoms with Crippen molar-refractivity contribution < 1.29 is 23.7 Å². The van der Waals surface area contributed by atoms with E-state index in [9.17, 15) is 9.59 Å². The fourth-order valence-corrected chi connectivity index (χ4v) is 7.76. The van der Waals surface area contributed by atoms with Crippen molar-refractivity contribution in [1.29, 1.82) is 0 Å². The van der Waals surface area contributed by atoms with Gasteiger partial charge in [-0.3, -0.25) is 9.36 Å². The SMILES string of the molecule is CCOC(=O)C1=C(C)N=c2s/c(=C\c3ccc(COc4ccc(I)cc4I)cc3)c(=O)n2[C@@H]1c1ccc(OCC)c(OCC)c1. The molecular formula is C34H32I2N2O6S. The van der Waals surface area contributed by atoms with Gasteiger partial charge in [0, 0.05) is 3.57 Å². The summed E-state index contributed by atoms with van der Waals surface area (Å²) in [6, 6.07) is 18.7. The number of thiazole rings is 1. The number of nitrogens with zero attached hydrogens (tertiary/aromatic N) is 2. The zero-order valence-corrected chi connectivity index (χ0v) is 30.4. The van der Waals surface area contributed by atoms with Gasteiger partial charge in [-0.2, -0.15) is 0 Å². The summed E-state index contributed by atoms with van der Waals surface area (Å²) < 4.78 is 27.4. The first-order chi connectivity index (χ1) is 21.7. The van der Waals surface area contributed by atoms with Crippen molar-refractivity contribution in [3.8, 4) is 17.2 Å². The van der Waals surface area contributed by atoms with Gasteiger partial charge in [-0.15, -0.1) is 0 Å². The molecule has 1 aliphatic rings. The molecule has 234 valence electrons. The van der Waals surface area contributed by atoms with Gasteiger partial charge in [0.2, 0.25) is 0 Å². The highest BCUT2D eigenvalue weighted by Gasteiger charge is 2.34. The highest BCUT2D eigenvalue weighted by Crippen LogP contribution is 2.36. The smallest absolute Gasteiger partial charge is 0.338 e. The second-order valence-corrected chi connectivity index (χ2v) is 13.4. The minimum atomic E-state index is -0.749. The van der Waals surface area contributed by atoms with Gasteiger partial charge >= 0.3 is 5.97 Å². The molecule has 4 aromatic rings. The molecule has 0 saturated heterocycles. The van der Waals surface area contributed by atoms with Crippen LogP contribution in [0.25, 0.3) is 6.08 Å². The number of hydrogen-bond acceptors (Lipinski definition) is 8. The Labute approximate surface area is 292 Å². The molecule has 0 saturated carbocycles. The summed E-state index contributed by atoms with van der Waals surface area (Å²) in [5.74, 6) is 1.46. The molecule has 0 N–H and O–H groups in total. The molecule has 0 amide bonds. The molecule has 0 aliphatic carbocycles. The molecule has 5 rings (SSSR count). The van der Waals surface area contributed by atoms with Crippen LogP contribution in [0.15, 0.2) is 81.7 Å². The monoisotopic (exact) mass is 850 g/mol. The molecule has 1 atom stereocenters. The first-order valence-corrected chi connectivity index (χ1v) is 17.5. The van der Waals surface area contributed by atoms with Crippen molar-refractivity contribution in [3.63, 3.8) is 0 Å². The minimum Gasteiger partial charge on any atom is -0.490 e. The molecule has 3 aromatic carbocycles. The average molecular weight is 851 g/mol. The van der Waals surface area contributed by atoms with Gasteiger partial charge in [-0.25, -0.2) is 9.79 Å². The maximum absolute atomic E-state index is 14.0. The van der Waals surface area contributed by atoms with E-state index >= 15 is 0 Å². The number of benzene rings is 3. The molecule has 1 aromatic heterocycles. The van der Waals surface area contributed by atoms with Crippen LogP contribution in [0.4, 0.5) is 0 Å². The maximum atomic E-state index is 14.0. The summed E-state index contributed by atoms with van der Waals surface area (Å²) in [6.45, 7) is 8.85. The van der Waals surface area contributed by atoms with Gasteiger partial charge < -0.3 is 18.9 Å². The molecule has 0 spiro atoms. The number of carbonyl (C=O) groups is 1. The number of fused-ring (bicyclic) bond motifs is 1. The van der Waals surface area contributed by atoms with Crippen molar-refractivity contribution in [2.45, 2.75) is 40.3 Å². The lowest BCUT2D eigenvalue weighted by Crippen LogP contribution is -2.40. The highest BCUT2D eigenvalue weighted by molar-refractivity contribution is 14.1. The van der Waals surface area contributed by atoms with E-state index in [4.69, 9.17) is 18.9 Å². The third-order valence-electron chi connectivity index (χ3n) is 6.97. The van der Waals surface area contributed by atoms with Crippen molar-refractivity contribution in [2.24, 2.45) is 4.99 Å². The number of esters is 1. The fraction of sp³-hybridized carbons (Fsp3) is 0.265. The van der Waals surface area contributed by atoms with Crippen LogP contribution in [0.5, 0.6) is 17.2 Å². The fourth-order valence-electron chi connectivity index (χ4n) is 4.96. The van der Waals surface area contributed by atoms with Gasteiger partial charge in [0.05, 0.1) is 45.2 Å². The second-order valence-electron chi connectivity index (χ2n) is 9.98. The Morgan fingerprint density at radius 2 is 1.62 bits per heavy atom. The molecule has 45 heavy (non-hydrogen) atoms. The first kappa shape index (κ1) is 33.2. The van der Waals surface area contributed by atoms with Crippen molar-refractivity contribution in [2.75, 3.05) is 19.8 Å². The van der Waals surface area contributed by atoms with Crippen LogP contribution in [0.1, 0.15) is 50.4 Å². The first-order valence-electron chi connectivity index (χ1n) is 14.5. The third kappa shape index (κ3) is 7.46. The van der Waals surface area contributed by atoms with E-state index in [0.717, 1.165) is 24.0 Å². The lowest BCUT2D eigenvalue weighted by Gasteiger charge is -2.25. The van der Waals surface area contributed by atoms with Crippen LogP contribution in [-0.4, -0.2) is 30.4 Å². The summed E-state index contributed by atoms with van der Waals surface area (Å²) in [6.07, 6.45) is 1.85. The summed E-state index contributed by atoms with van der Waals surface area (Å²) in [5, 5.41) is 0. The highest BCUT2D eigenvalue weighted by atomic mass is 127. The largest absolute Gasteiger partial charge is 0.490 e. The minimum absolute atomic E-state index is 0.200. The zero-order valence-electron chi connectivity index (χ0n) is 25.3. The predicted molar refractivity (Wildman–Crippen MR) is 192 cm³/mol. The Bertz CT molecular complexity index is 1930. The van der Waals surface area contributed by atoms with E-state index in [2.05, 4.69) is 56.2 Å². The maximum Gasteiger partial charge on any atom is 0.338 e. The molecular weight excluding hydrogens is 818 g/mol. The van der Waals surface area contributed by atoms with E-state index < -0.39 is 12.0 Å². The van der Waals surface area contributed by atoms with Crippen molar-refractivity contribution in [3.05, 3.63) is 115 Å². The van der Waals surface area contributed by atoms with Crippen LogP contribution in [0.3, 0.4) is 0 Å². The average Bonchev–Trinajstić information content (AvgIpc) is 3.31. The van der Waals surface area contributed by atoms with Crippen LogP contribution >= 0.6 is 56.5 Å². The van der Waals surface area contributed by atoms with E-state index in [1.54, 1.807) is 18.4 Å². The van der Waals surface area contributed by atoms with Gasteiger partial charge in [0.1, 0.15) is 12.4 Å². The molecule has 0 radical (unpaired) electrons. The van der Waals surface area contributed by atoms with Crippen LogP contribution in [0, 0.1) is 7.14 Å². The lowest BCUT2D eigenvalue weighted by atomic mass is 9.95. The van der Waals surface area contributed by atoms with Crippen LogP contribution in [-0.2, 0) is 16.1 Å². The quantitative estimate of drug-likeness (QED) is 0.129. The Morgan fingerprint density at radius 1 is 0.911 bits per heavy atom. The van der Waals surface area contributed by atoms with Gasteiger partial charge in [-0.05, 0) is 126 Å². The number of ether oxygens (including phenoxy) is 4. The Balaban J connectivity index is 1.52. The zero-order chi connectivity index (χ0) is 32.1. The summed E-state index contributed by atoms with van der Waals surface area (Å²) >= 11 is 5.85. The number of aromatic nitrogens is 1. The number of hydrogen-bond donors (Lipinski definition) is 0. The number of halogens is 2. The lowest BCUT2D eigenvalue weighted by molar-refractivity contribution is -0.139. The summed E-state index contributed by atoms with van der Waals surface area (Å²) in [7, 11) is 0. The standard InChI is InChI=1S/C34H32I2N2O6S/c1-5-41-27-14-12-23(17-28(27)42-6-2)31-30(33(40)43-7-3)20(4)37-34-38(31)32(39)29(45-34)16-21-8-10-22(11-9-21)19-44-26-15-13-24(35)18-25(26)36/h8-18,31H,5-7,19H2,1-4H3/b29-16-/t31-/m1/s1. The molecule has 2 heterocycles. The van der Waals surface area contributed by atoms with Gasteiger partial charge in [0.25, 0.3) is 5.56 Å². The second kappa shape index (κ2) is 14.9. The van der Waals surface area contributed by atoms with Crippen molar-refractivity contribution >= 4 is 68.6 Å². The topological polar surface area (TPSA) is 88.4 Å². The van der Waals surface area contributed by atoms with E-state index in [-0.39, 0.29) is 12.2 Å². The Hall–Kier alpha value is -3.17. The summed E-state index contributed by atoms with van der Waals surface area (Å²) in [5.41, 5.74) is 3.15. The van der Waals surface area contributed by atoms with Gasteiger partial charge in [0.15, 0.2) is 16.3 Å². The van der Waals surface area contributed by atoms with Crippen molar-refractivity contribution in [1.82, 2.24) is 4.57 Å². The molecule has 0 bridgehead atoms. The molecule has 1 aliphatic heterocycles. The molecule has 8 nitrogen and oxygen atoms in total. The Kier molecular flexibility index (Phi) is 11.0. The molecule has 0 unspecified atom stereocenters. The number of allylic oxidation sites excluding steroid dienone is 1.